The van der Waals surface area contributed by atoms with Crippen LogP contribution in [0.1, 0.15) is 33.3 Å². The summed E-state index contributed by atoms with van der Waals surface area (Å²) in [5.74, 6) is 0.146. The summed E-state index contributed by atoms with van der Waals surface area (Å²) in [6.07, 6.45) is 3.97. The molecule has 24 heavy (non-hydrogen) atoms. The standard InChI is InChI=1S/C14H18N4O3S3/c1-15-24(20,21)10-6-11(22-8-10)13(19)18-14-17-7-12(23-14)9-2-4-16-5-3-9/h6-9,15-16H,2-5H2,1H3,(H,17,18,19). The lowest BCUT2D eigenvalue weighted by Crippen LogP contribution is -2.26. The first kappa shape index (κ1) is 17.5. The molecule has 7 nitrogen and oxygen atoms in total. The van der Waals surface area contributed by atoms with E-state index in [-0.39, 0.29) is 10.8 Å². The number of hydrogen-bond acceptors (Lipinski definition) is 7. The van der Waals surface area contributed by atoms with E-state index in [1.807, 2.05) is 6.20 Å². The van der Waals surface area contributed by atoms with Crippen LogP contribution in [0.2, 0.25) is 0 Å². The summed E-state index contributed by atoms with van der Waals surface area (Å²) in [5, 5.41) is 8.06. The molecule has 0 unspecified atom stereocenters. The van der Waals surface area contributed by atoms with Gasteiger partial charge in [-0.2, -0.15) is 0 Å². The number of nitrogens with zero attached hydrogens (tertiary/aromatic N) is 1. The molecule has 2 aromatic heterocycles. The maximum atomic E-state index is 12.3. The molecule has 0 bridgehead atoms. The molecule has 0 saturated carbocycles. The average Bonchev–Trinajstić information content (AvgIpc) is 3.25. The Labute approximate surface area is 148 Å². The summed E-state index contributed by atoms with van der Waals surface area (Å²) in [7, 11) is -2.19. The first-order chi connectivity index (χ1) is 11.5. The van der Waals surface area contributed by atoms with E-state index in [1.165, 1.54) is 34.7 Å². The van der Waals surface area contributed by atoms with Gasteiger partial charge in [0.2, 0.25) is 10.0 Å². The Morgan fingerprint density at radius 2 is 2.12 bits per heavy atom. The largest absolute Gasteiger partial charge is 0.317 e. The van der Waals surface area contributed by atoms with Gasteiger partial charge in [-0.25, -0.2) is 18.1 Å². The Morgan fingerprint density at radius 3 is 2.83 bits per heavy atom. The zero-order chi connectivity index (χ0) is 17.2. The van der Waals surface area contributed by atoms with Crippen molar-refractivity contribution in [1.82, 2.24) is 15.0 Å². The molecule has 1 fully saturated rings. The number of piperidine rings is 1. The minimum atomic E-state index is -3.53. The molecule has 0 aliphatic carbocycles. The summed E-state index contributed by atoms with van der Waals surface area (Å²) in [5.41, 5.74) is 0. The third-order valence-corrected chi connectivity index (χ3v) is 7.41. The van der Waals surface area contributed by atoms with Crippen molar-refractivity contribution in [3.8, 4) is 0 Å². The number of amides is 1. The van der Waals surface area contributed by atoms with Crippen LogP contribution in [-0.4, -0.2) is 39.4 Å². The molecule has 1 aliphatic heterocycles. The quantitative estimate of drug-likeness (QED) is 0.728. The van der Waals surface area contributed by atoms with Crippen LogP contribution >= 0.6 is 22.7 Å². The lowest BCUT2D eigenvalue weighted by Gasteiger charge is -2.20. The van der Waals surface area contributed by atoms with Crippen LogP contribution < -0.4 is 15.4 Å². The maximum Gasteiger partial charge on any atom is 0.267 e. The van der Waals surface area contributed by atoms with E-state index in [0.717, 1.165) is 37.3 Å². The molecule has 0 spiro atoms. The van der Waals surface area contributed by atoms with Gasteiger partial charge in [0.25, 0.3) is 5.91 Å². The van der Waals surface area contributed by atoms with Crippen molar-refractivity contribution in [2.24, 2.45) is 0 Å². The molecule has 0 radical (unpaired) electrons. The van der Waals surface area contributed by atoms with E-state index < -0.39 is 10.0 Å². The minimum absolute atomic E-state index is 0.0923. The fourth-order valence-electron chi connectivity index (χ4n) is 2.49. The maximum absolute atomic E-state index is 12.3. The lowest BCUT2D eigenvalue weighted by molar-refractivity contribution is 0.103. The van der Waals surface area contributed by atoms with Crippen molar-refractivity contribution in [3.05, 3.63) is 27.4 Å². The van der Waals surface area contributed by atoms with Crippen molar-refractivity contribution in [3.63, 3.8) is 0 Å². The van der Waals surface area contributed by atoms with Gasteiger partial charge in [-0.15, -0.1) is 22.7 Å². The summed E-state index contributed by atoms with van der Waals surface area (Å²) >= 11 is 2.57. The molecule has 0 aromatic carbocycles. The SMILES string of the molecule is CNS(=O)(=O)c1csc(C(=O)Nc2ncc(C3CCNCC3)s2)c1. The van der Waals surface area contributed by atoms with Crippen molar-refractivity contribution in [1.29, 1.82) is 0 Å². The molecule has 3 N–H and O–H groups in total. The highest BCUT2D eigenvalue weighted by atomic mass is 32.2. The summed E-state index contributed by atoms with van der Waals surface area (Å²) in [4.78, 5) is 18.1. The third-order valence-electron chi connectivity index (χ3n) is 3.86. The van der Waals surface area contributed by atoms with E-state index >= 15 is 0 Å². The van der Waals surface area contributed by atoms with Crippen molar-refractivity contribution in [2.75, 3.05) is 25.5 Å². The molecule has 3 rings (SSSR count). The van der Waals surface area contributed by atoms with Gasteiger partial charge < -0.3 is 5.32 Å². The van der Waals surface area contributed by atoms with Gasteiger partial charge in [-0.05, 0) is 45.0 Å². The molecule has 3 heterocycles. The molecule has 2 aromatic rings. The number of thiazole rings is 1. The topological polar surface area (TPSA) is 100 Å². The zero-order valence-electron chi connectivity index (χ0n) is 13.0. The molecular formula is C14H18N4O3S3. The van der Waals surface area contributed by atoms with Crippen molar-refractivity contribution in [2.45, 2.75) is 23.7 Å². The zero-order valence-corrected chi connectivity index (χ0v) is 15.5. The molecule has 130 valence electrons. The third kappa shape index (κ3) is 3.83. The molecule has 1 aliphatic rings. The number of rotatable bonds is 5. The van der Waals surface area contributed by atoms with Crippen LogP contribution in [0, 0.1) is 0 Å². The van der Waals surface area contributed by atoms with Crippen LogP contribution in [0.25, 0.3) is 0 Å². The lowest BCUT2D eigenvalue weighted by atomic mass is 9.97. The predicted octanol–water partition coefficient (Wildman–Crippen LogP) is 1.83. The van der Waals surface area contributed by atoms with Gasteiger partial charge in [-0.3, -0.25) is 10.1 Å². The van der Waals surface area contributed by atoms with E-state index in [0.29, 0.717) is 15.9 Å². The number of thiophene rings is 1. The van der Waals surface area contributed by atoms with Crippen molar-refractivity contribution >= 4 is 43.7 Å². The number of hydrogen-bond donors (Lipinski definition) is 3. The first-order valence-corrected chi connectivity index (χ1v) is 10.7. The number of carbonyl (C=O) groups excluding carboxylic acids is 1. The second-order valence-corrected chi connectivity index (χ2v) is 9.26. The highest BCUT2D eigenvalue weighted by Crippen LogP contribution is 2.32. The molecule has 1 saturated heterocycles. The number of sulfonamides is 1. The van der Waals surface area contributed by atoms with E-state index in [1.54, 1.807) is 0 Å². The number of nitrogens with one attached hydrogen (secondary N) is 3. The average molecular weight is 387 g/mol. The fourth-order valence-corrected chi connectivity index (χ4v) is 5.37. The Balaban J connectivity index is 1.68. The Morgan fingerprint density at radius 1 is 1.38 bits per heavy atom. The fraction of sp³-hybridized carbons (Fsp3) is 0.429. The molecule has 1 amide bonds. The summed E-state index contributed by atoms with van der Waals surface area (Å²) in [6.45, 7) is 2.00. The van der Waals surface area contributed by atoms with Crippen LogP contribution in [0.3, 0.4) is 0 Å². The van der Waals surface area contributed by atoms with Gasteiger partial charge in [0.05, 0.1) is 9.77 Å². The second-order valence-electron chi connectivity index (χ2n) is 5.40. The second kappa shape index (κ2) is 7.28. The smallest absolute Gasteiger partial charge is 0.267 e. The van der Waals surface area contributed by atoms with Crippen LogP contribution in [0.4, 0.5) is 5.13 Å². The number of anilines is 1. The normalized spacial score (nSPS) is 16.2. The van der Waals surface area contributed by atoms with Gasteiger partial charge in [-0.1, -0.05) is 0 Å². The van der Waals surface area contributed by atoms with Crippen LogP contribution in [0.15, 0.2) is 22.5 Å². The first-order valence-electron chi connectivity index (χ1n) is 7.49. The number of carbonyl (C=O) groups is 1. The number of aromatic nitrogens is 1. The van der Waals surface area contributed by atoms with Gasteiger partial charge >= 0.3 is 0 Å². The van der Waals surface area contributed by atoms with Crippen LogP contribution in [-0.2, 0) is 10.0 Å². The highest BCUT2D eigenvalue weighted by molar-refractivity contribution is 7.89. The predicted molar refractivity (Wildman–Crippen MR) is 95.5 cm³/mol. The molecule has 10 heteroatoms. The van der Waals surface area contributed by atoms with Crippen LogP contribution in [0.5, 0.6) is 0 Å². The van der Waals surface area contributed by atoms with E-state index in [2.05, 4.69) is 20.3 Å². The molecular weight excluding hydrogens is 368 g/mol. The minimum Gasteiger partial charge on any atom is -0.317 e. The molecule has 0 atom stereocenters. The van der Waals surface area contributed by atoms with Gasteiger partial charge in [0.1, 0.15) is 0 Å². The summed E-state index contributed by atoms with van der Waals surface area (Å²) in [6, 6.07) is 1.37. The Kier molecular flexibility index (Phi) is 5.30. The Hall–Kier alpha value is -1.33. The summed E-state index contributed by atoms with van der Waals surface area (Å²) < 4.78 is 25.7. The van der Waals surface area contributed by atoms with E-state index in [9.17, 15) is 13.2 Å². The van der Waals surface area contributed by atoms with Gasteiger partial charge in [0.15, 0.2) is 5.13 Å². The highest BCUT2D eigenvalue weighted by Gasteiger charge is 2.20. The van der Waals surface area contributed by atoms with E-state index in [4.69, 9.17) is 0 Å². The Bertz CT molecular complexity index is 822. The van der Waals surface area contributed by atoms with Crippen molar-refractivity contribution < 1.29 is 13.2 Å². The van der Waals surface area contributed by atoms with Gasteiger partial charge in [0, 0.05) is 16.5 Å². The monoisotopic (exact) mass is 386 g/mol.